The monoisotopic (exact) mass is 389 g/mol. The van der Waals surface area contributed by atoms with E-state index in [9.17, 15) is 4.79 Å². The molecule has 0 saturated heterocycles. The number of rotatable bonds is 7. The highest BCUT2D eigenvalue weighted by Crippen LogP contribution is 2.27. The number of aromatic nitrogens is 6. The molecule has 0 fully saturated rings. The van der Waals surface area contributed by atoms with Crippen LogP contribution in [0.4, 0.5) is 5.13 Å². The van der Waals surface area contributed by atoms with E-state index in [1.807, 2.05) is 51.1 Å². The maximum absolute atomic E-state index is 12.6. The predicted octanol–water partition coefficient (Wildman–Crippen LogP) is 3.15. The van der Waals surface area contributed by atoms with Crippen LogP contribution in [-0.2, 0) is 4.79 Å². The van der Waals surface area contributed by atoms with Crippen molar-refractivity contribution in [3.8, 4) is 5.69 Å². The minimum Gasteiger partial charge on any atom is -0.300 e. The van der Waals surface area contributed by atoms with Crippen molar-refractivity contribution in [3.63, 3.8) is 0 Å². The summed E-state index contributed by atoms with van der Waals surface area (Å²) < 4.78 is 1.63. The van der Waals surface area contributed by atoms with Gasteiger partial charge in [0.15, 0.2) is 0 Å². The van der Waals surface area contributed by atoms with E-state index < -0.39 is 0 Å². The zero-order chi connectivity index (χ0) is 18.5. The number of benzene rings is 1. The average Bonchev–Trinajstić information content (AvgIpc) is 3.29. The van der Waals surface area contributed by atoms with Gasteiger partial charge in [-0.1, -0.05) is 62.1 Å². The van der Waals surface area contributed by atoms with Crippen LogP contribution in [0.2, 0.25) is 0 Å². The molecule has 0 aliphatic heterocycles. The second-order valence-electron chi connectivity index (χ2n) is 5.81. The second-order valence-corrected chi connectivity index (χ2v) is 7.99. The van der Waals surface area contributed by atoms with E-state index in [2.05, 4.69) is 31.0 Å². The third-order valence-electron chi connectivity index (χ3n) is 3.52. The molecule has 136 valence electrons. The van der Waals surface area contributed by atoms with Crippen molar-refractivity contribution in [1.29, 1.82) is 0 Å². The Hall–Kier alpha value is -2.33. The summed E-state index contributed by atoms with van der Waals surface area (Å²) in [5.41, 5.74) is 0.848. The van der Waals surface area contributed by atoms with Crippen molar-refractivity contribution in [3.05, 3.63) is 35.3 Å². The van der Waals surface area contributed by atoms with Gasteiger partial charge in [-0.15, -0.1) is 15.3 Å². The third-order valence-corrected chi connectivity index (χ3v) is 5.95. The van der Waals surface area contributed by atoms with Crippen LogP contribution in [0.15, 0.2) is 35.5 Å². The molecule has 1 unspecified atom stereocenters. The fraction of sp³-hybridized carbons (Fsp3) is 0.375. The van der Waals surface area contributed by atoms with Crippen LogP contribution >= 0.6 is 23.1 Å². The zero-order valence-corrected chi connectivity index (χ0v) is 16.3. The first-order valence-electron chi connectivity index (χ1n) is 8.23. The number of nitrogens with zero attached hydrogens (tertiary/aromatic N) is 6. The van der Waals surface area contributed by atoms with E-state index >= 15 is 0 Å². The highest BCUT2D eigenvalue weighted by atomic mass is 32.2. The Bertz CT molecular complexity index is 862. The number of amides is 1. The number of hydrogen-bond acceptors (Lipinski definition) is 8. The number of carbonyl (C=O) groups is 1. The summed E-state index contributed by atoms with van der Waals surface area (Å²) >= 11 is 2.72. The number of carbonyl (C=O) groups excluding carboxylic acids is 1. The lowest BCUT2D eigenvalue weighted by Gasteiger charge is -2.12. The number of nitrogens with one attached hydrogen (secondary N) is 1. The molecule has 1 aromatic carbocycles. The molecule has 26 heavy (non-hydrogen) atoms. The number of tetrazole rings is 1. The number of thioether (sulfide) groups is 1. The molecule has 3 aromatic rings. The zero-order valence-electron chi connectivity index (χ0n) is 14.7. The molecule has 1 amide bonds. The fourth-order valence-electron chi connectivity index (χ4n) is 2.14. The molecule has 0 radical (unpaired) electrons. The molecule has 1 atom stereocenters. The van der Waals surface area contributed by atoms with Gasteiger partial charge in [0.25, 0.3) is 0 Å². The van der Waals surface area contributed by atoms with Crippen molar-refractivity contribution in [2.24, 2.45) is 0 Å². The molecule has 10 heteroatoms. The molecule has 0 bridgehead atoms. The molecule has 0 saturated carbocycles. The lowest BCUT2D eigenvalue weighted by Crippen LogP contribution is -2.25. The third kappa shape index (κ3) is 4.25. The van der Waals surface area contributed by atoms with Crippen LogP contribution in [0.1, 0.15) is 38.1 Å². The molecule has 0 spiro atoms. The summed E-state index contributed by atoms with van der Waals surface area (Å²) in [5, 5.41) is 24.4. The Morgan fingerprint density at radius 1 is 1.23 bits per heavy atom. The normalized spacial score (nSPS) is 12.3. The van der Waals surface area contributed by atoms with Crippen molar-refractivity contribution in [1.82, 2.24) is 30.4 Å². The van der Waals surface area contributed by atoms with E-state index in [0.29, 0.717) is 16.7 Å². The molecule has 2 heterocycles. The maximum atomic E-state index is 12.6. The van der Waals surface area contributed by atoms with Crippen LogP contribution < -0.4 is 5.32 Å². The van der Waals surface area contributed by atoms with Crippen LogP contribution in [0.25, 0.3) is 5.69 Å². The topological polar surface area (TPSA) is 98.5 Å². The molecule has 0 aliphatic rings. The van der Waals surface area contributed by atoms with E-state index in [1.54, 1.807) is 4.68 Å². The predicted molar refractivity (Wildman–Crippen MR) is 102 cm³/mol. The van der Waals surface area contributed by atoms with Gasteiger partial charge in [-0.2, -0.15) is 4.68 Å². The van der Waals surface area contributed by atoms with E-state index in [4.69, 9.17) is 0 Å². The van der Waals surface area contributed by atoms with Gasteiger partial charge in [0.05, 0.1) is 10.9 Å². The first kappa shape index (κ1) is 18.5. The lowest BCUT2D eigenvalue weighted by atomic mass is 10.2. The van der Waals surface area contributed by atoms with Gasteiger partial charge >= 0.3 is 0 Å². The quantitative estimate of drug-likeness (QED) is 0.620. The van der Waals surface area contributed by atoms with Crippen LogP contribution in [-0.4, -0.2) is 41.6 Å². The van der Waals surface area contributed by atoms with Crippen molar-refractivity contribution in [2.45, 2.75) is 43.5 Å². The first-order chi connectivity index (χ1) is 12.6. The highest BCUT2D eigenvalue weighted by Gasteiger charge is 2.23. The minimum absolute atomic E-state index is 0.133. The molecule has 3 rings (SSSR count). The standard InChI is InChI=1S/C16H19N7OS2/c1-4-12(13(24)17-15-19-18-14(26-15)10(2)3)25-16-20-21-22-23(16)11-8-6-5-7-9-11/h5-10,12H,4H2,1-3H3,(H,17,19,24). The molecule has 8 nitrogen and oxygen atoms in total. The summed E-state index contributed by atoms with van der Waals surface area (Å²) in [4.78, 5) is 12.6. The summed E-state index contributed by atoms with van der Waals surface area (Å²) in [6.07, 6.45) is 0.633. The molecule has 0 aliphatic carbocycles. The SMILES string of the molecule is CCC(Sc1nnnn1-c1ccccc1)C(=O)Nc1nnc(C(C)C)s1. The Kier molecular flexibility index (Phi) is 5.94. The van der Waals surface area contributed by atoms with Gasteiger partial charge < -0.3 is 0 Å². The minimum atomic E-state index is -0.338. The van der Waals surface area contributed by atoms with Gasteiger partial charge in [0, 0.05) is 5.92 Å². The summed E-state index contributed by atoms with van der Waals surface area (Å²) in [6, 6.07) is 9.58. The molecular formula is C16H19N7OS2. The van der Waals surface area contributed by atoms with Crippen molar-refractivity contribution >= 4 is 34.1 Å². The molecule has 2 aromatic heterocycles. The first-order valence-corrected chi connectivity index (χ1v) is 9.92. The fourth-order valence-corrected chi connectivity index (χ4v) is 3.80. The Balaban J connectivity index is 1.71. The number of para-hydroxylation sites is 1. The second kappa shape index (κ2) is 8.37. The summed E-state index contributed by atoms with van der Waals surface area (Å²) in [5.74, 6) is 0.150. The van der Waals surface area contributed by atoms with Gasteiger partial charge in [-0.3, -0.25) is 10.1 Å². The van der Waals surface area contributed by atoms with E-state index in [1.165, 1.54) is 23.1 Å². The van der Waals surface area contributed by atoms with Gasteiger partial charge in [-0.25, -0.2) is 0 Å². The highest BCUT2D eigenvalue weighted by molar-refractivity contribution is 8.00. The largest absolute Gasteiger partial charge is 0.300 e. The van der Waals surface area contributed by atoms with E-state index in [0.717, 1.165) is 10.7 Å². The lowest BCUT2D eigenvalue weighted by molar-refractivity contribution is -0.115. The van der Waals surface area contributed by atoms with Gasteiger partial charge in [0.2, 0.25) is 16.2 Å². The number of hydrogen-bond donors (Lipinski definition) is 1. The van der Waals surface area contributed by atoms with Gasteiger partial charge in [-0.05, 0) is 29.0 Å². The van der Waals surface area contributed by atoms with Crippen molar-refractivity contribution in [2.75, 3.05) is 5.32 Å². The maximum Gasteiger partial charge on any atom is 0.239 e. The van der Waals surface area contributed by atoms with Crippen LogP contribution in [0, 0.1) is 0 Å². The van der Waals surface area contributed by atoms with Crippen molar-refractivity contribution < 1.29 is 4.79 Å². The average molecular weight is 390 g/mol. The Labute approximate surface area is 159 Å². The van der Waals surface area contributed by atoms with Gasteiger partial charge in [0.1, 0.15) is 5.01 Å². The van der Waals surface area contributed by atoms with E-state index in [-0.39, 0.29) is 17.1 Å². The molecular weight excluding hydrogens is 370 g/mol. The number of anilines is 1. The summed E-state index contributed by atoms with van der Waals surface area (Å²) in [6.45, 7) is 6.04. The Morgan fingerprint density at radius 2 is 2.00 bits per heavy atom. The van der Waals surface area contributed by atoms with Crippen LogP contribution in [0.3, 0.4) is 0 Å². The smallest absolute Gasteiger partial charge is 0.239 e. The molecule has 1 N–H and O–H groups in total. The Morgan fingerprint density at radius 3 is 2.65 bits per heavy atom. The van der Waals surface area contributed by atoms with Crippen LogP contribution in [0.5, 0.6) is 0 Å². The summed E-state index contributed by atoms with van der Waals surface area (Å²) in [7, 11) is 0.